The summed E-state index contributed by atoms with van der Waals surface area (Å²) in [5.41, 5.74) is 2.32. The van der Waals surface area contributed by atoms with Crippen LogP contribution in [0.5, 0.6) is 5.75 Å². The third kappa shape index (κ3) is 4.45. The normalized spacial score (nSPS) is 10.6. The number of nitrogens with one attached hydrogen (secondary N) is 1. The maximum Gasteiger partial charge on any atom is 0.251 e. The van der Waals surface area contributed by atoms with Crippen molar-refractivity contribution < 1.29 is 9.53 Å². The van der Waals surface area contributed by atoms with E-state index in [1.165, 1.54) is 0 Å². The maximum absolute atomic E-state index is 12.3. The fourth-order valence-corrected chi connectivity index (χ4v) is 3.01. The van der Waals surface area contributed by atoms with E-state index in [2.05, 4.69) is 26.3 Å². The van der Waals surface area contributed by atoms with Crippen molar-refractivity contribution in [2.75, 3.05) is 0 Å². The molecule has 1 amide bonds. The number of hydrogen-bond donors (Lipinski definition) is 1. The first-order valence-corrected chi connectivity index (χ1v) is 9.12. The largest absolute Gasteiger partial charge is 0.488 e. The van der Waals surface area contributed by atoms with Crippen LogP contribution >= 0.6 is 27.5 Å². The Balaban J connectivity index is 1.57. The van der Waals surface area contributed by atoms with E-state index in [4.69, 9.17) is 16.3 Å². The Labute approximate surface area is 165 Å². The molecule has 0 unspecified atom stereocenters. The van der Waals surface area contributed by atoms with Crippen LogP contribution in [0.4, 0.5) is 0 Å². The van der Waals surface area contributed by atoms with Crippen molar-refractivity contribution in [2.24, 2.45) is 7.05 Å². The number of benzene rings is 2. The predicted molar refractivity (Wildman–Crippen MR) is 104 cm³/mol. The number of rotatable bonds is 6. The Morgan fingerprint density at radius 1 is 1.23 bits per heavy atom. The van der Waals surface area contributed by atoms with Crippen LogP contribution in [0, 0.1) is 0 Å². The van der Waals surface area contributed by atoms with Gasteiger partial charge in [-0.3, -0.25) is 9.48 Å². The number of aromatic nitrogens is 2. The van der Waals surface area contributed by atoms with Gasteiger partial charge in [0.05, 0.1) is 27.9 Å². The number of halogens is 2. The van der Waals surface area contributed by atoms with Gasteiger partial charge in [0.2, 0.25) is 0 Å². The van der Waals surface area contributed by atoms with Gasteiger partial charge in [-0.25, -0.2) is 0 Å². The average Bonchev–Trinajstić information content (AvgIpc) is 2.97. The number of para-hydroxylation sites is 1. The van der Waals surface area contributed by atoms with Crippen LogP contribution in [0.2, 0.25) is 5.02 Å². The van der Waals surface area contributed by atoms with Crippen molar-refractivity contribution in [1.29, 1.82) is 0 Å². The van der Waals surface area contributed by atoms with Crippen molar-refractivity contribution in [3.8, 4) is 5.75 Å². The summed E-state index contributed by atoms with van der Waals surface area (Å²) in [6.07, 6.45) is 1.56. The van der Waals surface area contributed by atoms with Gasteiger partial charge in [-0.2, -0.15) is 5.10 Å². The minimum Gasteiger partial charge on any atom is -0.488 e. The molecule has 1 aromatic heterocycles. The minimum atomic E-state index is -0.166. The van der Waals surface area contributed by atoms with Gasteiger partial charge in [0.1, 0.15) is 12.4 Å². The van der Waals surface area contributed by atoms with Crippen molar-refractivity contribution in [3.63, 3.8) is 0 Å². The monoisotopic (exact) mass is 433 g/mol. The molecule has 0 atom stereocenters. The molecule has 2 aromatic carbocycles. The molecule has 0 spiro atoms. The summed E-state index contributed by atoms with van der Waals surface area (Å²) in [4.78, 5) is 12.3. The molecule has 1 N–H and O–H groups in total. The van der Waals surface area contributed by atoms with Crippen LogP contribution < -0.4 is 10.1 Å². The van der Waals surface area contributed by atoms with Crippen molar-refractivity contribution >= 4 is 33.4 Å². The molecule has 0 bridgehead atoms. The van der Waals surface area contributed by atoms with E-state index in [0.29, 0.717) is 23.7 Å². The molecule has 5 nitrogen and oxygen atoms in total. The second kappa shape index (κ2) is 8.38. The third-order valence-electron chi connectivity index (χ3n) is 3.87. The second-order valence-electron chi connectivity index (χ2n) is 5.66. The Hall–Kier alpha value is -2.31. The van der Waals surface area contributed by atoms with E-state index in [9.17, 15) is 4.79 Å². The number of amides is 1. The quantitative estimate of drug-likeness (QED) is 0.628. The van der Waals surface area contributed by atoms with Crippen molar-refractivity contribution in [3.05, 3.63) is 81.0 Å². The lowest BCUT2D eigenvalue weighted by atomic mass is 10.1. The number of hydrogen-bond acceptors (Lipinski definition) is 3. The molecule has 0 aliphatic carbocycles. The van der Waals surface area contributed by atoms with Gasteiger partial charge in [0.15, 0.2) is 0 Å². The molecule has 0 aliphatic rings. The summed E-state index contributed by atoms with van der Waals surface area (Å²) >= 11 is 9.49. The van der Waals surface area contributed by atoms with Crippen LogP contribution in [-0.2, 0) is 20.2 Å². The van der Waals surface area contributed by atoms with Crippen LogP contribution in [-0.4, -0.2) is 15.7 Å². The molecule has 1 heterocycles. The SMILES string of the molecule is Cn1ncc(Cl)c1CNC(=O)c1ccc(COc2ccccc2Br)cc1. The first-order chi connectivity index (χ1) is 12.5. The van der Waals surface area contributed by atoms with Crippen LogP contribution in [0.15, 0.2) is 59.2 Å². The Bertz CT molecular complexity index is 890. The molecule has 134 valence electrons. The summed E-state index contributed by atoms with van der Waals surface area (Å²) in [6.45, 7) is 0.746. The lowest BCUT2D eigenvalue weighted by Crippen LogP contribution is -2.24. The predicted octanol–water partition coefficient (Wildman–Crippen LogP) is 4.35. The Morgan fingerprint density at radius 3 is 2.62 bits per heavy atom. The van der Waals surface area contributed by atoms with Gasteiger partial charge in [-0.15, -0.1) is 0 Å². The Kier molecular flexibility index (Phi) is 5.96. The van der Waals surface area contributed by atoms with E-state index in [1.807, 2.05) is 36.4 Å². The Morgan fingerprint density at radius 2 is 1.96 bits per heavy atom. The molecule has 7 heteroatoms. The molecule has 0 saturated heterocycles. The molecule has 0 saturated carbocycles. The summed E-state index contributed by atoms with van der Waals surface area (Å²) < 4.78 is 8.33. The molecule has 0 radical (unpaired) electrons. The highest BCUT2D eigenvalue weighted by molar-refractivity contribution is 9.10. The highest BCUT2D eigenvalue weighted by Crippen LogP contribution is 2.24. The zero-order chi connectivity index (χ0) is 18.5. The van der Waals surface area contributed by atoms with E-state index in [1.54, 1.807) is 30.1 Å². The highest BCUT2D eigenvalue weighted by Gasteiger charge is 2.10. The third-order valence-corrected chi connectivity index (χ3v) is 4.84. The highest BCUT2D eigenvalue weighted by atomic mass is 79.9. The van der Waals surface area contributed by atoms with E-state index in [0.717, 1.165) is 21.5 Å². The van der Waals surface area contributed by atoms with Crippen LogP contribution in [0.25, 0.3) is 0 Å². The number of carbonyl (C=O) groups is 1. The molecular formula is C19H17BrClN3O2. The maximum atomic E-state index is 12.3. The van der Waals surface area contributed by atoms with Gasteiger partial charge < -0.3 is 10.1 Å². The number of aryl methyl sites for hydroxylation is 1. The fraction of sp³-hybridized carbons (Fsp3) is 0.158. The van der Waals surface area contributed by atoms with Crippen LogP contribution in [0.3, 0.4) is 0 Å². The summed E-state index contributed by atoms with van der Waals surface area (Å²) in [7, 11) is 1.78. The van der Waals surface area contributed by atoms with Gasteiger partial charge in [0, 0.05) is 12.6 Å². The molecule has 0 fully saturated rings. The lowest BCUT2D eigenvalue weighted by molar-refractivity contribution is 0.0950. The summed E-state index contributed by atoms with van der Waals surface area (Å²) in [5.74, 6) is 0.614. The van der Waals surface area contributed by atoms with Gasteiger partial charge in [0.25, 0.3) is 5.91 Å². The van der Waals surface area contributed by atoms with Gasteiger partial charge in [-0.05, 0) is 45.8 Å². The first kappa shape index (κ1) is 18.5. The molecule has 0 aliphatic heterocycles. The van der Waals surface area contributed by atoms with E-state index < -0.39 is 0 Å². The van der Waals surface area contributed by atoms with Crippen molar-refractivity contribution in [1.82, 2.24) is 15.1 Å². The van der Waals surface area contributed by atoms with E-state index >= 15 is 0 Å². The fourth-order valence-electron chi connectivity index (χ4n) is 2.38. The standard InChI is InChI=1S/C19H17BrClN3O2/c1-24-17(16(21)10-23-24)11-22-19(25)14-8-6-13(7-9-14)12-26-18-5-3-2-4-15(18)20/h2-10H,11-12H2,1H3,(H,22,25). The zero-order valence-corrected chi connectivity index (χ0v) is 16.4. The van der Waals surface area contributed by atoms with Crippen LogP contribution in [0.1, 0.15) is 21.6 Å². The average molecular weight is 435 g/mol. The molecular weight excluding hydrogens is 418 g/mol. The number of ether oxygens (including phenoxy) is 1. The summed E-state index contributed by atoms with van der Waals surface area (Å²) in [5, 5.41) is 7.43. The lowest BCUT2D eigenvalue weighted by Gasteiger charge is -2.09. The topological polar surface area (TPSA) is 56.2 Å². The van der Waals surface area contributed by atoms with Gasteiger partial charge >= 0.3 is 0 Å². The van der Waals surface area contributed by atoms with Crippen molar-refractivity contribution in [2.45, 2.75) is 13.2 Å². The molecule has 26 heavy (non-hydrogen) atoms. The smallest absolute Gasteiger partial charge is 0.251 e. The summed E-state index contributed by atoms with van der Waals surface area (Å²) in [6, 6.07) is 15.0. The number of nitrogens with zero attached hydrogens (tertiary/aromatic N) is 2. The zero-order valence-electron chi connectivity index (χ0n) is 14.1. The first-order valence-electron chi connectivity index (χ1n) is 7.95. The molecule has 3 aromatic rings. The number of carbonyl (C=O) groups excluding carboxylic acids is 1. The minimum absolute atomic E-state index is 0.166. The molecule has 3 rings (SSSR count). The van der Waals surface area contributed by atoms with Gasteiger partial charge in [-0.1, -0.05) is 35.9 Å². The van der Waals surface area contributed by atoms with E-state index in [-0.39, 0.29) is 5.91 Å². The second-order valence-corrected chi connectivity index (χ2v) is 6.92.